The summed E-state index contributed by atoms with van der Waals surface area (Å²) in [5.74, 6) is 2.34. The van der Waals surface area contributed by atoms with Gasteiger partial charge in [0.1, 0.15) is 11.6 Å². The zero-order chi connectivity index (χ0) is 21.1. The van der Waals surface area contributed by atoms with E-state index in [4.69, 9.17) is 4.98 Å². The maximum absolute atomic E-state index is 12.8. The average molecular weight is 404 g/mol. The molecular formula is C24H29N5O. The van der Waals surface area contributed by atoms with Gasteiger partial charge in [-0.1, -0.05) is 26.0 Å². The number of benzene rings is 1. The molecule has 0 N–H and O–H groups in total. The van der Waals surface area contributed by atoms with Crippen molar-refractivity contribution in [3.63, 3.8) is 0 Å². The summed E-state index contributed by atoms with van der Waals surface area (Å²) >= 11 is 0. The maximum atomic E-state index is 12.8. The molecule has 4 rings (SSSR count). The second-order valence-corrected chi connectivity index (χ2v) is 8.18. The first-order valence-corrected chi connectivity index (χ1v) is 10.6. The molecule has 156 valence electrons. The van der Waals surface area contributed by atoms with Gasteiger partial charge >= 0.3 is 0 Å². The van der Waals surface area contributed by atoms with E-state index in [2.05, 4.69) is 40.4 Å². The third kappa shape index (κ3) is 4.53. The van der Waals surface area contributed by atoms with Gasteiger partial charge in [0, 0.05) is 61.9 Å². The van der Waals surface area contributed by atoms with Crippen LogP contribution in [-0.2, 0) is 11.2 Å². The van der Waals surface area contributed by atoms with E-state index in [1.807, 2.05) is 54.5 Å². The van der Waals surface area contributed by atoms with Crippen molar-refractivity contribution in [2.24, 2.45) is 0 Å². The predicted octanol–water partition coefficient (Wildman–Crippen LogP) is 3.59. The lowest BCUT2D eigenvalue weighted by atomic mass is 10.1. The summed E-state index contributed by atoms with van der Waals surface area (Å²) in [7, 11) is 0. The van der Waals surface area contributed by atoms with Crippen LogP contribution in [0.25, 0.3) is 5.69 Å². The number of carbonyl (C=O) groups is 1. The van der Waals surface area contributed by atoms with Crippen molar-refractivity contribution in [3.8, 4) is 5.69 Å². The molecule has 0 aliphatic carbocycles. The summed E-state index contributed by atoms with van der Waals surface area (Å²) in [6.45, 7) is 9.28. The molecule has 0 radical (unpaired) electrons. The maximum Gasteiger partial charge on any atom is 0.227 e. The van der Waals surface area contributed by atoms with E-state index < -0.39 is 0 Å². The molecule has 6 heteroatoms. The standard InChI is InChI=1S/C24H29N5O/c1-18(2)24-25-19(3)16-22(26-24)28-12-14-29(15-13-28)23(30)17-20-6-8-21(9-7-20)27-10-4-5-11-27/h4-11,16,18H,12-15,17H2,1-3H3. The number of aromatic nitrogens is 3. The smallest absolute Gasteiger partial charge is 0.227 e. The lowest BCUT2D eigenvalue weighted by Crippen LogP contribution is -2.49. The lowest BCUT2D eigenvalue weighted by molar-refractivity contribution is -0.130. The van der Waals surface area contributed by atoms with Gasteiger partial charge in [-0.05, 0) is 36.8 Å². The summed E-state index contributed by atoms with van der Waals surface area (Å²) in [5.41, 5.74) is 3.14. The van der Waals surface area contributed by atoms with Gasteiger partial charge < -0.3 is 14.4 Å². The fourth-order valence-corrected chi connectivity index (χ4v) is 3.76. The highest BCUT2D eigenvalue weighted by Gasteiger charge is 2.23. The molecule has 3 aromatic rings. The number of carbonyl (C=O) groups excluding carboxylic acids is 1. The molecule has 1 saturated heterocycles. The Labute approximate surface area is 178 Å². The van der Waals surface area contributed by atoms with E-state index in [9.17, 15) is 4.79 Å². The number of piperazine rings is 1. The minimum atomic E-state index is 0.185. The fraction of sp³-hybridized carbons (Fsp3) is 0.375. The summed E-state index contributed by atoms with van der Waals surface area (Å²) in [4.78, 5) is 26.3. The molecule has 1 aliphatic rings. The SMILES string of the molecule is Cc1cc(N2CCN(C(=O)Cc3ccc(-n4cccc4)cc3)CC2)nc(C(C)C)n1. The van der Waals surface area contributed by atoms with Crippen molar-refractivity contribution in [1.29, 1.82) is 0 Å². The monoisotopic (exact) mass is 403 g/mol. The highest BCUT2D eigenvalue weighted by Crippen LogP contribution is 2.19. The van der Waals surface area contributed by atoms with Gasteiger partial charge in [0.05, 0.1) is 6.42 Å². The summed E-state index contributed by atoms with van der Waals surface area (Å²) < 4.78 is 2.06. The third-order valence-electron chi connectivity index (χ3n) is 5.53. The molecule has 6 nitrogen and oxygen atoms in total. The number of rotatable bonds is 5. The van der Waals surface area contributed by atoms with Crippen LogP contribution < -0.4 is 4.90 Å². The van der Waals surface area contributed by atoms with Gasteiger partial charge in [0.15, 0.2) is 0 Å². The van der Waals surface area contributed by atoms with E-state index in [1.54, 1.807) is 0 Å². The Morgan fingerprint density at radius 1 is 1.00 bits per heavy atom. The van der Waals surface area contributed by atoms with Crippen molar-refractivity contribution in [1.82, 2.24) is 19.4 Å². The molecule has 0 bridgehead atoms. The summed E-state index contributed by atoms with van der Waals surface area (Å²) in [6, 6.07) is 14.2. The molecule has 0 saturated carbocycles. The van der Waals surface area contributed by atoms with Crippen LogP contribution in [0.5, 0.6) is 0 Å². The Hall–Kier alpha value is -3.15. The number of anilines is 1. The van der Waals surface area contributed by atoms with Gasteiger partial charge in [-0.2, -0.15) is 0 Å². The summed E-state index contributed by atoms with van der Waals surface area (Å²) in [6.07, 6.45) is 4.47. The van der Waals surface area contributed by atoms with Gasteiger partial charge in [-0.3, -0.25) is 4.79 Å². The molecule has 2 aromatic heterocycles. The fourth-order valence-electron chi connectivity index (χ4n) is 3.76. The Kier molecular flexibility index (Phi) is 5.84. The van der Waals surface area contributed by atoms with Crippen molar-refractivity contribution in [2.45, 2.75) is 33.1 Å². The van der Waals surface area contributed by atoms with Gasteiger partial charge in [0.2, 0.25) is 5.91 Å². The van der Waals surface area contributed by atoms with E-state index >= 15 is 0 Å². The van der Waals surface area contributed by atoms with Crippen LogP contribution in [0.4, 0.5) is 5.82 Å². The molecule has 1 aliphatic heterocycles. The van der Waals surface area contributed by atoms with Crippen LogP contribution in [0.1, 0.15) is 36.8 Å². The zero-order valence-electron chi connectivity index (χ0n) is 18.0. The Balaban J connectivity index is 1.34. The minimum Gasteiger partial charge on any atom is -0.353 e. The van der Waals surface area contributed by atoms with E-state index in [0.29, 0.717) is 12.3 Å². The largest absolute Gasteiger partial charge is 0.353 e. The first-order valence-electron chi connectivity index (χ1n) is 10.6. The number of amides is 1. The zero-order valence-corrected chi connectivity index (χ0v) is 18.0. The first kappa shape index (κ1) is 20.1. The van der Waals surface area contributed by atoms with Crippen molar-refractivity contribution in [2.75, 3.05) is 31.1 Å². The van der Waals surface area contributed by atoms with Crippen molar-refractivity contribution in [3.05, 3.63) is 71.9 Å². The predicted molar refractivity (Wildman–Crippen MR) is 119 cm³/mol. The highest BCUT2D eigenvalue weighted by atomic mass is 16.2. The Bertz CT molecular complexity index is 987. The summed E-state index contributed by atoms with van der Waals surface area (Å²) in [5, 5.41) is 0. The molecule has 3 heterocycles. The average Bonchev–Trinajstić information content (AvgIpc) is 3.29. The second-order valence-electron chi connectivity index (χ2n) is 8.18. The van der Waals surface area contributed by atoms with Crippen LogP contribution >= 0.6 is 0 Å². The quantitative estimate of drug-likeness (QED) is 0.653. The van der Waals surface area contributed by atoms with Crippen LogP contribution in [0, 0.1) is 6.92 Å². The molecule has 0 spiro atoms. The van der Waals surface area contributed by atoms with E-state index in [1.165, 1.54) is 0 Å². The van der Waals surface area contributed by atoms with Crippen LogP contribution in [0.2, 0.25) is 0 Å². The first-order chi connectivity index (χ1) is 14.5. The number of hydrogen-bond donors (Lipinski definition) is 0. The van der Waals surface area contributed by atoms with Crippen molar-refractivity contribution >= 4 is 11.7 Å². The number of nitrogens with zero attached hydrogens (tertiary/aromatic N) is 5. The molecule has 1 fully saturated rings. The minimum absolute atomic E-state index is 0.185. The number of aryl methyl sites for hydroxylation is 1. The second kappa shape index (κ2) is 8.69. The molecule has 0 unspecified atom stereocenters. The van der Waals surface area contributed by atoms with Crippen LogP contribution in [0.3, 0.4) is 0 Å². The topological polar surface area (TPSA) is 54.3 Å². The Morgan fingerprint density at radius 3 is 2.30 bits per heavy atom. The third-order valence-corrected chi connectivity index (χ3v) is 5.53. The number of hydrogen-bond acceptors (Lipinski definition) is 4. The highest BCUT2D eigenvalue weighted by molar-refractivity contribution is 5.79. The van der Waals surface area contributed by atoms with E-state index in [0.717, 1.165) is 54.8 Å². The van der Waals surface area contributed by atoms with Gasteiger partial charge in [-0.15, -0.1) is 0 Å². The normalized spacial score (nSPS) is 14.4. The molecule has 30 heavy (non-hydrogen) atoms. The van der Waals surface area contributed by atoms with Gasteiger partial charge in [0.25, 0.3) is 0 Å². The lowest BCUT2D eigenvalue weighted by Gasteiger charge is -2.35. The van der Waals surface area contributed by atoms with E-state index in [-0.39, 0.29) is 5.91 Å². The van der Waals surface area contributed by atoms with Crippen LogP contribution in [0.15, 0.2) is 54.9 Å². The van der Waals surface area contributed by atoms with Crippen LogP contribution in [-0.4, -0.2) is 51.5 Å². The molecule has 1 aromatic carbocycles. The molecule has 0 atom stereocenters. The van der Waals surface area contributed by atoms with Gasteiger partial charge in [-0.25, -0.2) is 9.97 Å². The van der Waals surface area contributed by atoms with Crippen molar-refractivity contribution < 1.29 is 4.79 Å². The Morgan fingerprint density at radius 2 is 1.67 bits per heavy atom. The molecular weight excluding hydrogens is 374 g/mol. The molecule has 1 amide bonds.